The molecule has 1 fully saturated rings. The molecule has 2 heterocycles. The van der Waals surface area contributed by atoms with Crippen LogP contribution < -0.4 is 0 Å². The quantitative estimate of drug-likeness (QED) is 0.767. The fraction of sp³-hybridized carbons (Fsp3) is 0.333. The third kappa shape index (κ3) is 1.16. The van der Waals surface area contributed by atoms with E-state index in [1.807, 2.05) is 6.07 Å². The smallest absolute Gasteiger partial charge is 0.248 e. The van der Waals surface area contributed by atoms with Crippen molar-refractivity contribution >= 4 is 27.2 Å². The number of nitrogens with zero attached hydrogens (tertiary/aromatic N) is 2. The maximum Gasteiger partial charge on any atom is 0.248 e. The second-order valence-electron chi connectivity index (χ2n) is 3.27. The summed E-state index contributed by atoms with van der Waals surface area (Å²) in [6.07, 6.45) is 4.11. The molecule has 4 heteroatoms. The van der Waals surface area contributed by atoms with E-state index in [1.165, 1.54) is 12.8 Å². The van der Waals surface area contributed by atoms with Crippen molar-refractivity contribution in [2.75, 3.05) is 0 Å². The molecule has 0 N–H and O–H groups in total. The van der Waals surface area contributed by atoms with Crippen LogP contribution in [0.5, 0.6) is 0 Å². The zero-order valence-corrected chi connectivity index (χ0v) is 8.41. The van der Waals surface area contributed by atoms with E-state index in [4.69, 9.17) is 4.42 Å². The third-order valence-corrected chi connectivity index (χ3v) is 2.83. The number of fused-ring (bicyclic) bond motifs is 1. The second-order valence-corrected chi connectivity index (χ2v) is 4.13. The zero-order chi connectivity index (χ0) is 8.84. The minimum absolute atomic E-state index is 0.543. The summed E-state index contributed by atoms with van der Waals surface area (Å²) in [4.78, 5) is 8.51. The molecule has 2 aromatic heterocycles. The average molecular weight is 239 g/mol. The molecule has 0 spiro atoms. The van der Waals surface area contributed by atoms with Crippen LogP contribution in [0, 0.1) is 0 Å². The molecule has 66 valence electrons. The SMILES string of the molecule is Brc1ccnc2oc(C3CC3)nc12. The third-order valence-electron chi connectivity index (χ3n) is 2.19. The Kier molecular flexibility index (Phi) is 1.47. The Morgan fingerprint density at radius 1 is 1.46 bits per heavy atom. The maximum atomic E-state index is 5.52. The first kappa shape index (κ1) is 7.50. The van der Waals surface area contributed by atoms with Gasteiger partial charge >= 0.3 is 0 Å². The molecule has 1 saturated carbocycles. The van der Waals surface area contributed by atoms with Crippen molar-refractivity contribution in [1.82, 2.24) is 9.97 Å². The van der Waals surface area contributed by atoms with E-state index in [-0.39, 0.29) is 0 Å². The van der Waals surface area contributed by atoms with Crippen LogP contribution in [0.15, 0.2) is 21.2 Å². The number of oxazole rings is 1. The fourth-order valence-electron chi connectivity index (χ4n) is 1.33. The Morgan fingerprint density at radius 2 is 2.31 bits per heavy atom. The minimum Gasteiger partial charge on any atom is -0.422 e. The molecule has 0 bridgehead atoms. The molecule has 0 atom stereocenters. The van der Waals surface area contributed by atoms with Gasteiger partial charge in [-0.2, -0.15) is 0 Å². The van der Waals surface area contributed by atoms with Gasteiger partial charge in [-0.1, -0.05) is 0 Å². The molecule has 0 aromatic carbocycles. The molecule has 0 aliphatic heterocycles. The number of halogens is 1. The van der Waals surface area contributed by atoms with Crippen molar-refractivity contribution in [2.45, 2.75) is 18.8 Å². The Balaban J connectivity index is 2.26. The highest BCUT2D eigenvalue weighted by molar-refractivity contribution is 9.10. The van der Waals surface area contributed by atoms with Gasteiger partial charge in [0, 0.05) is 12.1 Å². The van der Waals surface area contributed by atoms with Gasteiger partial charge < -0.3 is 4.42 Å². The van der Waals surface area contributed by atoms with Crippen LogP contribution >= 0.6 is 15.9 Å². The molecule has 2 aromatic rings. The van der Waals surface area contributed by atoms with E-state index in [2.05, 4.69) is 25.9 Å². The maximum absolute atomic E-state index is 5.52. The summed E-state index contributed by atoms with van der Waals surface area (Å²) < 4.78 is 6.47. The van der Waals surface area contributed by atoms with E-state index >= 15 is 0 Å². The summed E-state index contributed by atoms with van der Waals surface area (Å²) in [7, 11) is 0. The molecule has 0 radical (unpaired) electrons. The summed E-state index contributed by atoms with van der Waals surface area (Å²) in [6.45, 7) is 0. The molecule has 1 aliphatic rings. The number of hydrogen-bond acceptors (Lipinski definition) is 3. The first-order valence-electron chi connectivity index (χ1n) is 4.25. The van der Waals surface area contributed by atoms with Gasteiger partial charge in [-0.25, -0.2) is 9.97 Å². The molecule has 0 amide bonds. The Morgan fingerprint density at radius 3 is 3.00 bits per heavy atom. The predicted molar refractivity (Wildman–Crippen MR) is 51.5 cm³/mol. The molecule has 3 rings (SSSR count). The van der Waals surface area contributed by atoms with Crippen molar-refractivity contribution in [1.29, 1.82) is 0 Å². The van der Waals surface area contributed by atoms with Crippen LogP contribution in [0.1, 0.15) is 24.7 Å². The Bertz CT molecular complexity index is 462. The van der Waals surface area contributed by atoms with E-state index in [9.17, 15) is 0 Å². The van der Waals surface area contributed by atoms with Crippen molar-refractivity contribution < 1.29 is 4.42 Å². The first-order valence-corrected chi connectivity index (χ1v) is 5.05. The highest BCUT2D eigenvalue weighted by atomic mass is 79.9. The predicted octanol–water partition coefficient (Wildman–Crippen LogP) is 2.86. The molecule has 13 heavy (non-hydrogen) atoms. The van der Waals surface area contributed by atoms with Crippen molar-refractivity contribution in [3.63, 3.8) is 0 Å². The van der Waals surface area contributed by atoms with Crippen LogP contribution in [0.3, 0.4) is 0 Å². The number of pyridine rings is 1. The lowest BCUT2D eigenvalue weighted by molar-refractivity contribution is 0.525. The first-order chi connectivity index (χ1) is 6.34. The van der Waals surface area contributed by atoms with Gasteiger partial charge in [0.1, 0.15) is 5.52 Å². The average Bonchev–Trinajstić information content (AvgIpc) is 2.87. The summed E-state index contributed by atoms with van der Waals surface area (Å²) in [5.74, 6) is 1.38. The van der Waals surface area contributed by atoms with Crippen molar-refractivity contribution in [2.24, 2.45) is 0 Å². The standard InChI is InChI=1S/C9H7BrN2O/c10-6-3-4-11-9-7(6)12-8(13-9)5-1-2-5/h3-5H,1-2H2. The Hall–Kier alpha value is -0.900. The molecular formula is C9H7BrN2O. The molecule has 1 aliphatic carbocycles. The monoisotopic (exact) mass is 238 g/mol. The van der Waals surface area contributed by atoms with Crippen LogP contribution in [0.2, 0.25) is 0 Å². The summed E-state index contributed by atoms with van der Waals surface area (Å²) in [5.41, 5.74) is 1.47. The Labute approximate surface area is 83.3 Å². The van der Waals surface area contributed by atoms with Gasteiger partial charge in [0.25, 0.3) is 0 Å². The highest BCUT2D eigenvalue weighted by Gasteiger charge is 2.29. The lowest BCUT2D eigenvalue weighted by Gasteiger charge is -1.86. The van der Waals surface area contributed by atoms with Gasteiger partial charge in [-0.15, -0.1) is 0 Å². The second kappa shape index (κ2) is 2.54. The van der Waals surface area contributed by atoms with E-state index in [1.54, 1.807) is 6.20 Å². The number of rotatable bonds is 1. The lowest BCUT2D eigenvalue weighted by atomic mass is 10.4. The van der Waals surface area contributed by atoms with Gasteiger partial charge in [0.2, 0.25) is 11.6 Å². The van der Waals surface area contributed by atoms with Crippen molar-refractivity contribution in [3.05, 3.63) is 22.6 Å². The highest BCUT2D eigenvalue weighted by Crippen LogP contribution is 2.40. The molecule has 0 unspecified atom stereocenters. The minimum atomic E-state index is 0.543. The van der Waals surface area contributed by atoms with Gasteiger partial charge in [-0.05, 0) is 34.8 Å². The largest absolute Gasteiger partial charge is 0.422 e. The molecule has 3 nitrogen and oxygen atoms in total. The zero-order valence-electron chi connectivity index (χ0n) is 6.83. The van der Waals surface area contributed by atoms with Gasteiger partial charge in [0.15, 0.2) is 0 Å². The summed E-state index contributed by atoms with van der Waals surface area (Å²) >= 11 is 3.42. The van der Waals surface area contributed by atoms with Crippen LogP contribution in [-0.2, 0) is 0 Å². The number of aromatic nitrogens is 2. The number of hydrogen-bond donors (Lipinski definition) is 0. The molecular weight excluding hydrogens is 232 g/mol. The van der Waals surface area contributed by atoms with E-state index < -0.39 is 0 Å². The van der Waals surface area contributed by atoms with Gasteiger partial charge in [0.05, 0.1) is 4.47 Å². The van der Waals surface area contributed by atoms with E-state index in [0.717, 1.165) is 15.9 Å². The van der Waals surface area contributed by atoms with Crippen LogP contribution in [0.25, 0.3) is 11.2 Å². The van der Waals surface area contributed by atoms with E-state index in [0.29, 0.717) is 11.6 Å². The lowest BCUT2D eigenvalue weighted by Crippen LogP contribution is -1.76. The van der Waals surface area contributed by atoms with Crippen LogP contribution in [-0.4, -0.2) is 9.97 Å². The van der Waals surface area contributed by atoms with Gasteiger partial charge in [-0.3, -0.25) is 0 Å². The normalized spacial score (nSPS) is 16.7. The topological polar surface area (TPSA) is 38.9 Å². The summed E-state index contributed by atoms with van der Waals surface area (Å²) in [5, 5.41) is 0. The molecule has 0 saturated heterocycles. The van der Waals surface area contributed by atoms with Crippen molar-refractivity contribution in [3.8, 4) is 0 Å². The summed E-state index contributed by atoms with van der Waals surface area (Å²) in [6, 6.07) is 1.88. The van der Waals surface area contributed by atoms with Crippen LogP contribution in [0.4, 0.5) is 0 Å². The fourth-order valence-corrected chi connectivity index (χ4v) is 1.70.